The maximum absolute atomic E-state index is 4.04. The Morgan fingerprint density at radius 2 is 1.82 bits per heavy atom. The summed E-state index contributed by atoms with van der Waals surface area (Å²) in [4.78, 5) is 0. The van der Waals surface area contributed by atoms with Crippen molar-refractivity contribution >= 4 is 46.4 Å². The van der Waals surface area contributed by atoms with E-state index in [-0.39, 0.29) is 24.8 Å². The second-order valence-electron chi connectivity index (χ2n) is 1.86. The second-order valence-corrected chi connectivity index (χ2v) is 2.70. The molecule has 0 saturated heterocycles. The molecule has 60 valence electrons. The summed E-state index contributed by atoms with van der Waals surface area (Å²) in [6.45, 7) is 0. The third-order valence-electron chi connectivity index (χ3n) is 1.26. The van der Waals surface area contributed by atoms with E-state index in [1.807, 2.05) is 18.3 Å². The van der Waals surface area contributed by atoms with Crippen LogP contribution >= 0.6 is 36.3 Å². The fraction of sp³-hybridized carbons (Fsp3) is 0. The first-order chi connectivity index (χ1) is 4.47. The molecule has 2 aromatic rings. The molecule has 0 unspecified atom stereocenters. The number of aromatic nitrogens is 1. The van der Waals surface area contributed by atoms with Crippen LogP contribution in [0, 0.1) is 0 Å². The van der Waals surface area contributed by atoms with Gasteiger partial charge >= 0.3 is 0 Å². The third kappa shape index (κ3) is 2.06. The maximum Gasteiger partial charge on any atom is 0.0549 e. The van der Waals surface area contributed by atoms with Crippen molar-refractivity contribution in [1.82, 2.24) is 4.37 Å². The molecule has 1 heterocycles. The van der Waals surface area contributed by atoms with Crippen molar-refractivity contribution in [3.63, 3.8) is 0 Å². The van der Waals surface area contributed by atoms with Gasteiger partial charge in [0.05, 0.1) is 4.70 Å². The van der Waals surface area contributed by atoms with Crippen molar-refractivity contribution in [2.45, 2.75) is 0 Å². The molecule has 0 aliphatic heterocycles. The molecule has 1 aromatic carbocycles. The number of hydrogen-bond donors (Lipinski definition) is 0. The van der Waals surface area contributed by atoms with Gasteiger partial charge in [-0.3, -0.25) is 0 Å². The van der Waals surface area contributed by atoms with E-state index < -0.39 is 0 Å². The summed E-state index contributed by atoms with van der Waals surface area (Å²) in [7, 11) is 0. The SMILES string of the molecule is Cl.Cl.c1ccc2sncc2c1. The Bertz CT molecular complexity index is 290. The van der Waals surface area contributed by atoms with E-state index in [1.165, 1.54) is 21.6 Å². The Kier molecular flexibility index (Phi) is 4.42. The molecule has 0 spiro atoms. The van der Waals surface area contributed by atoms with Gasteiger partial charge in [-0.2, -0.15) is 4.37 Å². The predicted octanol–water partition coefficient (Wildman–Crippen LogP) is 3.14. The highest BCUT2D eigenvalue weighted by Gasteiger charge is 1.89. The highest BCUT2D eigenvalue weighted by Crippen LogP contribution is 2.15. The van der Waals surface area contributed by atoms with Crippen LogP contribution in [0.3, 0.4) is 0 Å². The number of nitrogens with zero attached hydrogens (tertiary/aromatic N) is 1. The van der Waals surface area contributed by atoms with Crippen LogP contribution in [0.4, 0.5) is 0 Å². The summed E-state index contributed by atoms with van der Waals surface area (Å²) in [6.07, 6.45) is 1.89. The van der Waals surface area contributed by atoms with Crippen LogP contribution in [-0.2, 0) is 0 Å². The third-order valence-corrected chi connectivity index (χ3v) is 2.04. The minimum Gasteiger partial charge on any atom is -0.200 e. The van der Waals surface area contributed by atoms with Crippen molar-refractivity contribution in [2.24, 2.45) is 0 Å². The first-order valence-electron chi connectivity index (χ1n) is 2.76. The Balaban J connectivity index is 0.000000500. The molecule has 2 rings (SSSR count). The molecule has 0 N–H and O–H groups in total. The van der Waals surface area contributed by atoms with Crippen molar-refractivity contribution in [3.8, 4) is 0 Å². The van der Waals surface area contributed by atoms with Crippen LogP contribution in [0.5, 0.6) is 0 Å². The largest absolute Gasteiger partial charge is 0.200 e. The van der Waals surface area contributed by atoms with E-state index >= 15 is 0 Å². The summed E-state index contributed by atoms with van der Waals surface area (Å²) < 4.78 is 5.30. The van der Waals surface area contributed by atoms with Crippen molar-refractivity contribution < 1.29 is 0 Å². The highest BCUT2D eigenvalue weighted by atomic mass is 35.5. The van der Waals surface area contributed by atoms with Gasteiger partial charge in [0.25, 0.3) is 0 Å². The highest BCUT2D eigenvalue weighted by molar-refractivity contribution is 7.13. The smallest absolute Gasteiger partial charge is 0.0549 e. The molecule has 0 atom stereocenters. The molecule has 0 radical (unpaired) electrons. The molecule has 11 heavy (non-hydrogen) atoms. The number of halogens is 2. The zero-order valence-corrected chi connectivity index (χ0v) is 8.01. The minimum atomic E-state index is 0. The zero-order valence-electron chi connectivity index (χ0n) is 5.56. The number of rotatable bonds is 0. The number of fused-ring (bicyclic) bond motifs is 1. The first-order valence-corrected chi connectivity index (χ1v) is 3.53. The first kappa shape index (κ1) is 10.7. The molecule has 0 aliphatic carbocycles. The van der Waals surface area contributed by atoms with Gasteiger partial charge in [-0.15, -0.1) is 24.8 Å². The van der Waals surface area contributed by atoms with Crippen LogP contribution < -0.4 is 0 Å². The van der Waals surface area contributed by atoms with Crippen LogP contribution in [0.25, 0.3) is 10.1 Å². The standard InChI is InChI=1S/C7H5NS.2ClH/c1-2-4-7-6(3-1)5-8-9-7;;/h1-5H;2*1H. The minimum absolute atomic E-state index is 0. The van der Waals surface area contributed by atoms with E-state index in [4.69, 9.17) is 0 Å². The lowest BCUT2D eigenvalue weighted by atomic mass is 10.3. The summed E-state index contributed by atoms with van der Waals surface area (Å²) in [5.74, 6) is 0. The average molecular weight is 208 g/mol. The lowest BCUT2D eigenvalue weighted by Gasteiger charge is -1.80. The van der Waals surface area contributed by atoms with Crippen LogP contribution in [0.2, 0.25) is 0 Å². The van der Waals surface area contributed by atoms with E-state index in [0.29, 0.717) is 0 Å². The summed E-state index contributed by atoms with van der Waals surface area (Å²) in [6, 6.07) is 8.20. The number of benzene rings is 1. The van der Waals surface area contributed by atoms with Crippen LogP contribution in [-0.4, -0.2) is 4.37 Å². The average Bonchev–Trinajstić information content (AvgIpc) is 2.33. The van der Waals surface area contributed by atoms with Gasteiger partial charge in [-0.25, -0.2) is 0 Å². The molecule has 0 saturated carbocycles. The molecule has 0 amide bonds. The molecule has 1 aromatic heterocycles. The molecular weight excluding hydrogens is 201 g/mol. The molecule has 1 nitrogen and oxygen atoms in total. The van der Waals surface area contributed by atoms with Gasteiger partial charge in [0.2, 0.25) is 0 Å². The summed E-state index contributed by atoms with van der Waals surface area (Å²) >= 11 is 1.54. The van der Waals surface area contributed by atoms with Gasteiger partial charge in [-0.1, -0.05) is 18.2 Å². The monoisotopic (exact) mass is 207 g/mol. The fourth-order valence-electron chi connectivity index (χ4n) is 0.810. The molecule has 0 aliphatic rings. The summed E-state index contributed by atoms with van der Waals surface area (Å²) in [5, 5.41) is 1.24. The van der Waals surface area contributed by atoms with Crippen molar-refractivity contribution in [3.05, 3.63) is 30.5 Å². The molecule has 0 fully saturated rings. The van der Waals surface area contributed by atoms with Gasteiger partial charge in [0.15, 0.2) is 0 Å². The van der Waals surface area contributed by atoms with Crippen molar-refractivity contribution in [2.75, 3.05) is 0 Å². The van der Waals surface area contributed by atoms with E-state index in [2.05, 4.69) is 16.5 Å². The van der Waals surface area contributed by atoms with Gasteiger partial charge in [-0.05, 0) is 17.6 Å². The predicted molar refractivity (Wildman–Crippen MR) is 54.1 cm³/mol. The lowest BCUT2D eigenvalue weighted by molar-refractivity contribution is 1.61. The Morgan fingerprint density at radius 3 is 2.55 bits per heavy atom. The maximum atomic E-state index is 4.04. The lowest BCUT2D eigenvalue weighted by Crippen LogP contribution is -1.56. The van der Waals surface area contributed by atoms with Crippen molar-refractivity contribution in [1.29, 1.82) is 0 Å². The Morgan fingerprint density at radius 1 is 1.09 bits per heavy atom. The van der Waals surface area contributed by atoms with E-state index in [0.717, 1.165) is 0 Å². The zero-order chi connectivity index (χ0) is 6.10. The Labute approximate surface area is 81.4 Å². The molecular formula is C7H7Cl2NS. The van der Waals surface area contributed by atoms with Gasteiger partial charge in [0, 0.05) is 11.6 Å². The fourth-order valence-corrected chi connectivity index (χ4v) is 1.46. The topological polar surface area (TPSA) is 12.9 Å². The number of hydrogen-bond acceptors (Lipinski definition) is 2. The van der Waals surface area contributed by atoms with E-state index in [1.54, 1.807) is 0 Å². The molecule has 0 bridgehead atoms. The van der Waals surface area contributed by atoms with Crippen LogP contribution in [0.15, 0.2) is 30.5 Å². The van der Waals surface area contributed by atoms with E-state index in [9.17, 15) is 0 Å². The quantitative estimate of drug-likeness (QED) is 0.648. The normalized spacial score (nSPS) is 8.36. The Hall–Kier alpha value is -0.310. The van der Waals surface area contributed by atoms with Crippen LogP contribution in [0.1, 0.15) is 0 Å². The van der Waals surface area contributed by atoms with Gasteiger partial charge < -0.3 is 0 Å². The summed E-state index contributed by atoms with van der Waals surface area (Å²) in [5.41, 5.74) is 0. The second kappa shape index (κ2) is 4.54. The molecule has 4 heteroatoms. The van der Waals surface area contributed by atoms with Gasteiger partial charge in [0.1, 0.15) is 0 Å².